The Bertz CT molecular complexity index is 313. The molecule has 0 radical (unpaired) electrons. The van der Waals surface area contributed by atoms with Crippen molar-refractivity contribution >= 4 is 10.2 Å². The molecule has 17 heavy (non-hydrogen) atoms. The molecule has 1 saturated heterocycles. The van der Waals surface area contributed by atoms with Crippen molar-refractivity contribution in [2.75, 3.05) is 39.3 Å². The standard InChI is InChI=1S/C10H23N3O3S/c1-10(2)13(6-3-9-14)17(15,16)12-7-4-11-5-8-12/h10-11,14H,3-9H2,1-2H3. The first-order valence-corrected chi connectivity index (χ1v) is 7.48. The van der Waals surface area contributed by atoms with Crippen LogP contribution in [0.3, 0.4) is 0 Å². The van der Waals surface area contributed by atoms with Crippen LogP contribution in [-0.2, 0) is 10.2 Å². The molecule has 0 aliphatic carbocycles. The summed E-state index contributed by atoms with van der Waals surface area (Å²) in [6.07, 6.45) is 0.476. The van der Waals surface area contributed by atoms with Gasteiger partial charge in [0, 0.05) is 45.4 Å². The highest BCUT2D eigenvalue weighted by Gasteiger charge is 2.31. The molecule has 0 saturated carbocycles. The number of hydrogen-bond donors (Lipinski definition) is 2. The Hall–Kier alpha value is -0.210. The normalized spacial score (nSPS) is 19.1. The molecule has 1 heterocycles. The van der Waals surface area contributed by atoms with Crippen molar-refractivity contribution < 1.29 is 13.5 Å². The third-order valence-corrected chi connectivity index (χ3v) is 5.03. The highest BCUT2D eigenvalue weighted by molar-refractivity contribution is 7.86. The molecule has 7 heteroatoms. The van der Waals surface area contributed by atoms with Gasteiger partial charge < -0.3 is 10.4 Å². The minimum atomic E-state index is -3.38. The van der Waals surface area contributed by atoms with Crippen LogP contribution in [0.4, 0.5) is 0 Å². The number of hydrogen-bond acceptors (Lipinski definition) is 4. The SMILES string of the molecule is CC(C)N(CCCO)S(=O)(=O)N1CCNCC1. The Morgan fingerprint density at radius 3 is 2.41 bits per heavy atom. The first-order valence-electron chi connectivity index (χ1n) is 6.08. The Balaban J connectivity index is 2.75. The van der Waals surface area contributed by atoms with E-state index in [-0.39, 0.29) is 12.6 Å². The second kappa shape index (κ2) is 6.65. The molecule has 0 amide bonds. The smallest absolute Gasteiger partial charge is 0.282 e. The first-order chi connectivity index (χ1) is 8.00. The van der Waals surface area contributed by atoms with Crippen LogP contribution in [-0.4, -0.2) is 67.5 Å². The maximum atomic E-state index is 12.4. The number of piperazine rings is 1. The van der Waals surface area contributed by atoms with E-state index in [0.717, 1.165) is 0 Å². The second-order valence-corrected chi connectivity index (χ2v) is 6.32. The van der Waals surface area contributed by atoms with Crippen molar-refractivity contribution in [2.45, 2.75) is 26.3 Å². The molecular weight excluding hydrogens is 242 g/mol. The maximum Gasteiger partial charge on any atom is 0.282 e. The van der Waals surface area contributed by atoms with Crippen molar-refractivity contribution in [3.63, 3.8) is 0 Å². The van der Waals surface area contributed by atoms with Crippen molar-refractivity contribution in [2.24, 2.45) is 0 Å². The third kappa shape index (κ3) is 3.89. The molecule has 1 rings (SSSR count). The number of nitrogens with zero attached hydrogens (tertiary/aromatic N) is 2. The lowest BCUT2D eigenvalue weighted by Gasteiger charge is -2.34. The Kier molecular flexibility index (Phi) is 5.81. The fourth-order valence-corrected chi connectivity index (χ4v) is 3.72. The summed E-state index contributed by atoms with van der Waals surface area (Å²) in [5, 5.41) is 12.0. The van der Waals surface area contributed by atoms with E-state index in [4.69, 9.17) is 5.11 Å². The predicted octanol–water partition coefficient (Wildman–Crippen LogP) is -0.771. The van der Waals surface area contributed by atoms with Gasteiger partial charge in [0.2, 0.25) is 0 Å². The summed E-state index contributed by atoms with van der Waals surface area (Å²) in [4.78, 5) is 0. The van der Waals surface area contributed by atoms with Crippen LogP contribution in [0.2, 0.25) is 0 Å². The van der Waals surface area contributed by atoms with Crippen molar-refractivity contribution in [1.82, 2.24) is 13.9 Å². The summed E-state index contributed by atoms with van der Waals surface area (Å²) >= 11 is 0. The van der Waals surface area contributed by atoms with Gasteiger partial charge in [-0.05, 0) is 20.3 Å². The molecule has 0 aromatic heterocycles. The highest BCUT2D eigenvalue weighted by atomic mass is 32.2. The van der Waals surface area contributed by atoms with Gasteiger partial charge in [0.25, 0.3) is 10.2 Å². The molecule has 0 spiro atoms. The van der Waals surface area contributed by atoms with Crippen LogP contribution in [0.15, 0.2) is 0 Å². The topological polar surface area (TPSA) is 72.9 Å². The lowest BCUT2D eigenvalue weighted by molar-refractivity contribution is 0.244. The Morgan fingerprint density at radius 2 is 1.94 bits per heavy atom. The van der Waals surface area contributed by atoms with E-state index in [1.807, 2.05) is 13.8 Å². The van der Waals surface area contributed by atoms with Gasteiger partial charge in [0.15, 0.2) is 0 Å². The average Bonchev–Trinajstić information content (AvgIpc) is 2.30. The number of nitrogens with one attached hydrogen (secondary N) is 1. The van der Waals surface area contributed by atoms with Crippen LogP contribution in [0, 0.1) is 0 Å². The van der Waals surface area contributed by atoms with E-state index in [9.17, 15) is 8.42 Å². The lowest BCUT2D eigenvalue weighted by Crippen LogP contribution is -2.53. The van der Waals surface area contributed by atoms with E-state index < -0.39 is 10.2 Å². The van der Waals surface area contributed by atoms with Crippen molar-refractivity contribution in [1.29, 1.82) is 0 Å². The van der Waals surface area contributed by atoms with Gasteiger partial charge in [-0.3, -0.25) is 0 Å². The highest BCUT2D eigenvalue weighted by Crippen LogP contribution is 2.13. The zero-order valence-electron chi connectivity index (χ0n) is 10.6. The first kappa shape index (κ1) is 14.8. The Morgan fingerprint density at radius 1 is 1.35 bits per heavy atom. The summed E-state index contributed by atoms with van der Waals surface area (Å²) in [6.45, 7) is 6.54. The Labute approximate surface area is 104 Å². The largest absolute Gasteiger partial charge is 0.396 e. The van der Waals surface area contributed by atoms with Crippen LogP contribution in [0.25, 0.3) is 0 Å². The monoisotopic (exact) mass is 265 g/mol. The summed E-state index contributed by atoms with van der Waals surface area (Å²) in [7, 11) is -3.38. The average molecular weight is 265 g/mol. The molecule has 6 nitrogen and oxygen atoms in total. The molecule has 0 unspecified atom stereocenters. The van der Waals surface area contributed by atoms with Crippen molar-refractivity contribution in [3.8, 4) is 0 Å². The maximum absolute atomic E-state index is 12.4. The third-order valence-electron chi connectivity index (χ3n) is 2.81. The van der Waals surface area contributed by atoms with Gasteiger partial charge in [-0.15, -0.1) is 0 Å². The molecule has 2 N–H and O–H groups in total. The van der Waals surface area contributed by atoms with Gasteiger partial charge in [0.1, 0.15) is 0 Å². The van der Waals surface area contributed by atoms with Gasteiger partial charge in [-0.1, -0.05) is 0 Å². The summed E-state index contributed by atoms with van der Waals surface area (Å²) in [5.74, 6) is 0. The van der Waals surface area contributed by atoms with Crippen LogP contribution < -0.4 is 5.32 Å². The molecule has 1 fully saturated rings. The van der Waals surface area contributed by atoms with Crippen LogP contribution in [0.1, 0.15) is 20.3 Å². The molecule has 0 atom stereocenters. The number of aliphatic hydroxyl groups is 1. The zero-order valence-corrected chi connectivity index (χ0v) is 11.4. The van der Waals surface area contributed by atoms with Gasteiger partial charge in [0.05, 0.1) is 0 Å². The zero-order chi connectivity index (χ0) is 12.9. The molecule has 0 bridgehead atoms. The van der Waals surface area contributed by atoms with Gasteiger partial charge in [-0.25, -0.2) is 0 Å². The quantitative estimate of drug-likeness (QED) is 0.661. The fourth-order valence-electron chi connectivity index (χ4n) is 1.89. The molecule has 1 aliphatic heterocycles. The van der Waals surface area contributed by atoms with E-state index in [2.05, 4.69) is 5.32 Å². The number of rotatable bonds is 6. The predicted molar refractivity (Wildman–Crippen MR) is 66.9 cm³/mol. The minimum absolute atomic E-state index is 0.0142. The van der Waals surface area contributed by atoms with Crippen LogP contribution >= 0.6 is 0 Å². The second-order valence-electron chi connectivity index (χ2n) is 4.44. The number of aliphatic hydroxyl groups excluding tert-OH is 1. The molecular formula is C10H23N3O3S. The fraction of sp³-hybridized carbons (Fsp3) is 1.00. The van der Waals surface area contributed by atoms with E-state index >= 15 is 0 Å². The molecule has 1 aliphatic rings. The van der Waals surface area contributed by atoms with E-state index in [0.29, 0.717) is 39.1 Å². The molecule has 102 valence electrons. The van der Waals surface area contributed by atoms with Crippen molar-refractivity contribution in [3.05, 3.63) is 0 Å². The van der Waals surface area contributed by atoms with Gasteiger partial charge >= 0.3 is 0 Å². The molecule has 0 aromatic rings. The van der Waals surface area contributed by atoms with Gasteiger partial charge in [-0.2, -0.15) is 17.0 Å². The van der Waals surface area contributed by atoms with Crippen LogP contribution in [0.5, 0.6) is 0 Å². The molecule has 0 aromatic carbocycles. The minimum Gasteiger partial charge on any atom is -0.396 e. The summed E-state index contributed by atoms with van der Waals surface area (Å²) < 4.78 is 27.7. The lowest BCUT2D eigenvalue weighted by atomic mass is 10.3. The summed E-state index contributed by atoms with van der Waals surface area (Å²) in [6, 6.07) is -0.0820. The van der Waals surface area contributed by atoms with E-state index in [1.165, 1.54) is 8.61 Å². The van der Waals surface area contributed by atoms with E-state index in [1.54, 1.807) is 0 Å². The summed E-state index contributed by atoms with van der Waals surface area (Å²) in [5.41, 5.74) is 0.